The molecule has 2 fully saturated rings. The lowest BCUT2D eigenvalue weighted by Crippen LogP contribution is -2.49. The predicted molar refractivity (Wildman–Crippen MR) is 83.5 cm³/mol. The van der Waals surface area contributed by atoms with Crippen molar-refractivity contribution >= 4 is 0 Å². The van der Waals surface area contributed by atoms with Crippen LogP contribution >= 0.6 is 0 Å². The van der Waals surface area contributed by atoms with Crippen LogP contribution in [0.3, 0.4) is 0 Å². The molecule has 2 heteroatoms. The van der Waals surface area contributed by atoms with Crippen molar-refractivity contribution in [2.24, 2.45) is 5.92 Å². The molecule has 0 saturated heterocycles. The van der Waals surface area contributed by atoms with Crippen molar-refractivity contribution in [3.63, 3.8) is 0 Å². The molecule has 2 aliphatic carbocycles. The molecule has 0 heterocycles. The molecule has 2 nitrogen and oxygen atoms in total. The van der Waals surface area contributed by atoms with E-state index in [0.717, 1.165) is 24.0 Å². The topological polar surface area (TPSA) is 15.3 Å². The average Bonchev–Trinajstić information content (AvgIpc) is 3.04. The van der Waals surface area contributed by atoms with E-state index in [1.54, 1.807) is 0 Å². The Morgan fingerprint density at radius 3 is 2.32 bits per heavy atom. The fraction of sp³-hybridized carbons (Fsp3) is 1.00. The number of rotatable bonds is 9. The van der Waals surface area contributed by atoms with Crippen LogP contribution in [0.2, 0.25) is 0 Å². The van der Waals surface area contributed by atoms with E-state index < -0.39 is 0 Å². The molecule has 0 spiro atoms. The van der Waals surface area contributed by atoms with E-state index in [1.807, 2.05) is 0 Å². The third kappa shape index (κ3) is 5.07. The summed E-state index contributed by atoms with van der Waals surface area (Å²) in [5, 5.41) is 3.78. The van der Waals surface area contributed by atoms with Gasteiger partial charge in [-0.3, -0.25) is 4.90 Å². The van der Waals surface area contributed by atoms with E-state index in [4.69, 9.17) is 0 Å². The monoisotopic (exact) mass is 266 g/mol. The lowest BCUT2D eigenvalue weighted by molar-refractivity contribution is 0.109. The van der Waals surface area contributed by atoms with Gasteiger partial charge in [0.05, 0.1) is 0 Å². The molecule has 0 aromatic heterocycles. The number of nitrogens with zero attached hydrogens (tertiary/aromatic N) is 1. The van der Waals surface area contributed by atoms with Gasteiger partial charge in [0.1, 0.15) is 0 Å². The van der Waals surface area contributed by atoms with Crippen LogP contribution in [-0.4, -0.2) is 36.1 Å². The van der Waals surface area contributed by atoms with Gasteiger partial charge in [-0.15, -0.1) is 0 Å². The van der Waals surface area contributed by atoms with Gasteiger partial charge in [-0.1, -0.05) is 40.0 Å². The van der Waals surface area contributed by atoms with Crippen molar-refractivity contribution in [1.82, 2.24) is 10.2 Å². The highest BCUT2D eigenvalue weighted by Gasteiger charge is 2.30. The number of nitrogens with one attached hydrogen (secondary N) is 1. The molecule has 0 aliphatic heterocycles. The molecular weight excluding hydrogens is 232 g/mol. The van der Waals surface area contributed by atoms with Gasteiger partial charge < -0.3 is 5.32 Å². The standard InChI is InChI=1S/C17H34N2/c1-4-7-17(12-18-15-10-11-15)19(13-14(2)3)16-8-5-6-9-16/h14-18H,4-13H2,1-3H3. The average molecular weight is 266 g/mol. The van der Waals surface area contributed by atoms with Gasteiger partial charge in [0.15, 0.2) is 0 Å². The molecule has 2 aliphatic rings. The highest BCUT2D eigenvalue weighted by atomic mass is 15.2. The van der Waals surface area contributed by atoms with Gasteiger partial charge in [-0.2, -0.15) is 0 Å². The van der Waals surface area contributed by atoms with Gasteiger partial charge in [0.2, 0.25) is 0 Å². The lowest BCUT2D eigenvalue weighted by atomic mass is 10.0. The summed E-state index contributed by atoms with van der Waals surface area (Å²) < 4.78 is 0. The first-order valence-electron chi connectivity index (χ1n) is 8.69. The minimum atomic E-state index is 0.774. The summed E-state index contributed by atoms with van der Waals surface area (Å²) >= 11 is 0. The van der Waals surface area contributed by atoms with Gasteiger partial charge in [0.25, 0.3) is 0 Å². The maximum absolute atomic E-state index is 3.78. The Morgan fingerprint density at radius 2 is 1.79 bits per heavy atom. The van der Waals surface area contributed by atoms with Crippen molar-refractivity contribution in [1.29, 1.82) is 0 Å². The van der Waals surface area contributed by atoms with Crippen LogP contribution in [0.4, 0.5) is 0 Å². The molecule has 1 atom stereocenters. The van der Waals surface area contributed by atoms with Gasteiger partial charge >= 0.3 is 0 Å². The smallest absolute Gasteiger partial charge is 0.0223 e. The Kier molecular flexibility index (Phi) is 6.15. The van der Waals surface area contributed by atoms with Gasteiger partial charge in [-0.05, 0) is 38.0 Å². The van der Waals surface area contributed by atoms with Crippen LogP contribution in [0.5, 0.6) is 0 Å². The Labute approximate surface area is 120 Å². The summed E-state index contributed by atoms with van der Waals surface area (Å²) in [6, 6.07) is 2.50. The molecular formula is C17H34N2. The Balaban J connectivity index is 1.92. The first-order valence-corrected chi connectivity index (χ1v) is 8.69. The predicted octanol–water partition coefficient (Wildman–Crippen LogP) is 3.81. The first-order chi connectivity index (χ1) is 9.20. The van der Waals surface area contributed by atoms with Crippen LogP contribution in [0.1, 0.15) is 72.1 Å². The third-order valence-electron chi connectivity index (χ3n) is 4.68. The molecule has 2 rings (SSSR count). The van der Waals surface area contributed by atoms with Crippen molar-refractivity contribution in [2.45, 2.75) is 90.3 Å². The molecule has 1 N–H and O–H groups in total. The normalized spacial score (nSPS) is 22.6. The summed E-state index contributed by atoms with van der Waals surface area (Å²) in [6.07, 6.45) is 11.3. The van der Waals surface area contributed by atoms with Crippen LogP contribution in [0, 0.1) is 5.92 Å². The Hall–Kier alpha value is -0.0800. The second-order valence-corrected chi connectivity index (χ2v) is 7.15. The van der Waals surface area contributed by atoms with Crippen molar-refractivity contribution in [2.75, 3.05) is 13.1 Å². The molecule has 0 bridgehead atoms. The minimum Gasteiger partial charge on any atom is -0.312 e. The molecule has 0 radical (unpaired) electrons. The molecule has 0 aromatic carbocycles. The van der Waals surface area contributed by atoms with Gasteiger partial charge in [-0.25, -0.2) is 0 Å². The van der Waals surface area contributed by atoms with Crippen molar-refractivity contribution in [3.05, 3.63) is 0 Å². The second-order valence-electron chi connectivity index (χ2n) is 7.15. The first kappa shape index (κ1) is 15.3. The van der Waals surface area contributed by atoms with E-state index in [2.05, 4.69) is 31.0 Å². The molecule has 2 saturated carbocycles. The summed E-state index contributed by atoms with van der Waals surface area (Å²) in [5.74, 6) is 0.792. The highest BCUT2D eigenvalue weighted by Crippen LogP contribution is 2.27. The SMILES string of the molecule is CCCC(CNC1CC1)N(CC(C)C)C1CCCC1. The van der Waals surface area contributed by atoms with Crippen molar-refractivity contribution < 1.29 is 0 Å². The number of hydrogen-bond donors (Lipinski definition) is 1. The lowest BCUT2D eigenvalue weighted by Gasteiger charge is -2.38. The minimum absolute atomic E-state index is 0.774. The van der Waals surface area contributed by atoms with E-state index >= 15 is 0 Å². The molecule has 19 heavy (non-hydrogen) atoms. The molecule has 0 aromatic rings. The fourth-order valence-corrected chi connectivity index (χ4v) is 3.56. The van der Waals surface area contributed by atoms with Crippen LogP contribution in [0.25, 0.3) is 0 Å². The zero-order chi connectivity index (χ0) is 13.7. The van der Waals surface area contributed by atoms with E-state index in [1.165, 1.54) is 64.5 Å². The van der Waals surface area contributed by atoms with Crippen LogP contribution in [-0.2, 0) is 0 Å². The summed E-state index contributed by atoms with van der Waals surface area (Å²) in [4.78, 5) is 2.87. The second kappa shape index (κ2) is 7.64. The van der Waals surface area contributed by atoms with E-state index in [0.29, 0.717) is 0 Å². The maximum atomic E-state index is 3.78. The summed E-state index contributed by atoms with van der Waals surface area (Å²) in [7, 11) is 0. The van der Waals surface area contributed by atoms with E-state index in [-0.39, 0.29) is 0 Å². The number of hydrogen-bond acceptors (Lipinski definition) is 2. The zero-order valence-electron chi connectivity index (χ0n) is 13.3. The molecule has 1 unspecified atom stereocenters. The summed E-state index contributed by atoms with van der Waals surface area (Å²) in [5.41, 5.74) is 0. The maximum Gasteiger partial charge on any atom is 0.0223 e. The fourth-order valence-electron chi connectivity index (χ4n) is 3.56. The van der Waals surface area contributed by atoms with Crippen LogP contribution < -0.4 is 5.32 Å². The Morgan fingerprint density at radius 1 is 1.11 bits per heavy atom. The highest BCUT2D eigenvalue weighted by molar-refractivity contribution is 4.88. The zero-order valence-corrected chi connectivity index (χ0v) is 13.3. The molecule has 112 valence electrons. The largest absolute Gasteiger partial charge is 0.312 e. The van der Waals surface area contributed by atoms with Crippen molar-refractivity contribution in [3.8, 4) is 0 Å². The van der Waals surface area contributed by atoms with Crippen LogP contribution in [0.15, 0.2) is 0 Å². The Bertz CT molecular complexity index is 242. The van der Waals surface area contributed by atoms with E-state index in [9.17, 15) is 0 Å². The summed E-state index contributed by atoms with van der Waals surface area (Å²) in [6.45, 7) is 9.61. The third-order valence-corrected chi connectivity index (χ3v) is 4.68. The quantitative estimate of drug-likeness (QED) is 0.683. The molecule has 0 amide bonds. The van der Waals surface area contributed by atoms with Gasteiger partial charge in [0, 0.05) is 31.2 Å².